The molecule has 1 aromatic heterocycles. The number of rotatable bonds is 6. The average Bonchev–Trinajstić information content (AvgIpc) is 3.36. The van der Waals surface area contributed by atoms with E-state index in [9.17, 15) is 4.79 Å². The lowest BCUT2D eigenvalue weighted by molar-refractivity contribution is -0.129. The van der Waals surface area contributed by atoms with Crippen molar-refractivity contribution in [3.05, 3.63) is 77.9 Å². The number of benzene rings is 2. The molecule has 4 rings (SSSR count). The second-order valence-electron chi connectivity index (χ2n) is 7.01. The molecule has 1 saturated heterocycles. The van der Waals surface area contributed by atoms with Crippen LogP contribution in [0.3, 0.4) is 0 Å². The monoisotopic (exact) mass is 393 g/mol. The Bertz CT molecular complexity index is 914. The number of likely N-dealkylation sites (tertiary alicyclic amines) is 1. The van der Waals surface area contributed by atoms with Crippen LogP contribution in [-0.2, 0) is 4.79 Å². The van der Waals surface area contributed by atoms with Crippen molar-refractivity contribution in [1.29, 1.82) is 0 Å². The zero-order valence-corrected chi connectivity index (χ0v) is 16.6. The molecule has 28 heavy (non-hydrogen) atoms. The van der Waals surface area contributed by atoms with Crippen molar-refractivity contribution >= 4 is 17.7 Å². The fourth-order valence-electron chi connectivity index (χ4n) is 3.69. The van der Waals surface area contributed by atoms with Crippen molar-refractivity contribution in [1.82, 2.24) is 15.0 Å². The van der Waals surface area contributed by atoms with E-state index in [1.54, 1.807) is 11.8 Å². The largest absolute Gasteiger partial charge is 0.341 e. The van der Waals surface area contributed by atoms with Gasteiger partial charge in [0.1, 0.15) is 0 Å². The lowest BCUT2D eigenvalue weighted by atomic mass is 9.89. The highest BCUT2D eigenvalue weighted by Gasteiger charge is 2.39. The van der Waals surface area contributed by atoms with Gasteiger partial charge in [-0.25, -0.2) is 0 Å². The van der Waals surface area contributed by atoms with E-state index in [1.807, 2.05) is 48.2 Å². The van der Waals surface area contributed by atoms with Crippen LogP contribution in [0.25, 0.3) is 0 Å². The summed E-state index contributed by atoms with van der Waals surface area (Å²) in [6.07, 6.45) is 0.524. The highest BCUT2D eigenvalue weighted by Crippen LogP contribution is 2.39. The summed E-state index contributed by atoms with van der Waals surface area (Å²) in [5.74, 6) is 2.43. The van der Waals surface area contributed by atoms with Crippen molar-refractivity contribution in [2.75, 3.05) is 18.8 Å². The summed E-state index contributed by atoms with van der Waals surface area (Å²) in [5, 5.41) is 3.95. The summed E-state index contributed by atoms with van der Waals surface area (Å²) in [7, 11) is 0. The first kappa shape index (κ1) is 18.7. The smallest absolute Gasteiger partial charge is 0.232 e. The van der Waals surface area contributed by atoms with E-state index in [0.717, 1.165) is 5.75 Å². The second-order valence-corrected chi connectivity index (χ2v) is 8.18. The highest BCUT2D eigenvalue weighted by atomic mass is 32.2. The maximum absolute atomic E-state index is 12.8. The van der Waals surface area contributed by atoms with Gasteiger partial charge in [0, 0.05) is 36.1 Å². The van der Waals surface area contributed by atoms with Crippen LogP contribution in [0.4, 0.5) is 0 Å². The van der Waals surface area contributed by atoms with Crippen molar-refractivity contribution in [3.8, 4) is 0 Å². The maximum atomic E-state index is 12.8. The van der Waals surface area contributed by atoms with E-state index in [2.05, 4.69) is 34.4 Å². The second kappa shape index (κ2) is 8.61. The van der Waals surface area contributed by atoms with Crippen LogP contribution in [0.5, 0.6) is 0 Å². The lowest BCUT2D eigenvalue weighted by Gasteiger charge is -2.16. The van der Waals surface area contributed by atoms with Crippen molar-refractivity contribution < 1.29 is 9.32 Å². The Morgan fingerprint density at radius 1 is 1.07 bits per heavy atom. The zero-order chi connectivity index (χ0) is 19.3. The predicted molar refractivity (Wildman–Crippen MR) is 109 cm³/mol. The minimum absolute atomic E-state index is 0.0364. The van der Waals surface area contributed by atoms with Gasteiger partial charge >= 0.3 is 0 Å². The number of carbonyl (C=O) groups excluding carboxylic acids is 1. The van der Waals surface area contributed by atoms with E-state index in [4.69, 9.17) is 4.52 Å². The molecule has 0 radical (unpaired) electrons. The fourth-order valence-corrected chi connectivity index (χ4v) is 4.55. The van der Waals surface area contributed by atoms with Gasteiger partial charge in [0.2, 0.25) is 11.8 Å². The maximum Gasteiger partial charge on any atom is 0.232 e. The lowest BCUT2D eigenvalue weighted by Crippen LogP contribution is -2.29. The van der Waals surface area contributed by atoms with Crippen LogP contribution < -0.4 is 0 Å². The normalized spacial score (nSPS) is 19.1. The highest BCUT2D eigenvalue weighted by molar-refractivity contribution is 7.99. The van der Waals surface area contributed by atoms with E-state index < -0.39 is 0 Å². The predicted octanol–water partition coefficient (Wildman–Crippen LogP) is 4.27. The minimum Gasteiger partial charge on any atom is -0.341 e. The number of thioether (sulfide) groups is 1. The van der Waals surface area contributed by atoms with Gasteiger partial charge in [-0.05, 0) is 24.6 Å². The molecule has 1 aliphatic rings. The minimum atomic E-state index is 0.0364. The first-order valence-corrected chi connectivity index (χ1v) is 10.5. The Balaban J connectivity index is 1.44. The van der Waals surface area contributed by atoms with Crippen molar-refractivity contribution in [2.45, 2.75) is 30.1 Å². The number of aromatic nitrogens is 2. The Kier molecular flexibility index (Phi) is 5.76. The fraction of sp³-hybridized carbons (Fsp3) is 0.318. The molecule has 2 aromatic carbocycles. The Morgan fingerprint density at radius 3 is 2.43 bits per heavy atom. The quantitative estimate of drug-likeness (QED) is 0.585. The van der Waals surface area contributed by atoms with E-state index in [1.165, 1.54) is 10.5 Å². The van der Waals surface area contributed by atoms with E-state index in [0.29, 0.717) is 31.2 Å². The molecule has 5 nitrogen and oxygen atoms in total. The zero-order valence-electron chi connectivity index (χ0n) is 15.8. The molecule has 1 amide bonds. The summed E-state index contributed by atoms with van der Waals surface area (Å²) in [4.78, 5) is 20.4. The SMILES string of the molecule is Cc1noc(C2CN(C(=O)CCSc3ccccc3)CC2c2ccccc2)n1. The number of hydrogen-bond donors (Lipinski definition) is 0. The number of hydrogen-bond acceptors (Lipinski definition) is 5. The summed E-state index contributed by atoms with van der Waals surface area (Å²) in [6, 6.07) is 20.5. The number of aryl methyl sites for hydroxylation is 1. The number of carbonyl (C=O) groups is 1. The Morgan fingerprint density at radius 2 is 1.75 bits per heavy atom. The average molecular weight is 394 g/mol. The molecule has 1 fully saturated rings. The van der Waals surface area contributed by atoms with Gasteiger partial charge in [-0.2, -0.15) is 4.98 Å². The molecule has 2 unspecified atom stereocenters. The molecule has 0 N–H and O–H groups in total. The van der Waals surface area contributed by atoms with Crippen LogP contribution in [0, 0.1) is 6.92 Å². The molecular formula is C22H23N3O2S. The summed E-state index contributed by atoms with van der Waals surface area (Å²) in [5.41, 5.74) is 1.21. The Labute approximate surface area is 169 Å². The summed E-state index contributed by atoms with van der Waals surface area (Å²) >= 11 is 1.72. The first-order chi connectivity index (χ1) is 13.7. The molecular weight excluding hydrogens is 370 g/mol. The molecule has 0 spiro atoms. The van der Waals surface area contributed by atoms with Gasteiger partial charge in [0.25, 0.3) is 0 Å². The molecule has 6 heteroatoms. The van der Waals surface area contributed by atoms with Crippen LogP contribution in [-0.4, -0.2) is 39.8 Å². The third-order valence-corrected chi connectivity index (χ3v) is 6.10. The van der Waals surface area contributed by atoms with Gasteiger partial charge < -0.3 is 9.42 Å². The molecule has 0 aliphatic carbocycles. The van der Waals surface area contributed by atoms with E-state index >= 15 is 0 Å². The van der Waals surface area contributed by atoms with Crippen LogP contribution in [0.1, 0.15) is 35.5 Å². The molecule has 0 saturated carbocycles. The number of amides is 1. The van der Waals surface area contributed by atoms with Gasteiger partial charge in [0.15, 0.2) is 5.82 Å². The molecule has 2 atom stereocenters. The first-order valence-electron chi connectivity index (χ1n) is 9.51. The molecule has 0 bridgehead atoms. The number of nitrogens with zero attached hydrogens (tertiary/aromatic N) is 3. The summed E-state index contributed by atoms with van der Waals surface area (Å²) in [6.45, 7) is 3.13. The third kappa shape index (κ3) is 4.28. The molecule has 3 aromatic rings. The van der Waals surface area contributed by atoms with Gasteiger partial charge in [-0.15, -0.1) is 11.8 Å². The third-order valence-electron chi connectivity index (χ3n) is 5.09. The molecule has 1 aliphatic heterocycles. The van der Waals surface area contributed by atoms with Gasteiger partial charge in [-0.1, -0.05) is 53.7 Å². The topological polar surface area (TPSA) is 59.2 Å². The van der Waals surface area contributed by atoms with Gasteiger partial charge in [-0.3, -0.25) is 4.79 Å². The summed E-state index contributed by atoms with van der Waals surface area (Å²) < 4.78 is 5.46. The van der Waals surface area contributed by atoms with Crippen molar-refractivity contribution in [2.24, 2.45) is 0 Å². The van der Waals surface area contributed by atoms with Crippen LogP contribution in [0.2, 0.25) is 0 Å². The van der Waals surface area contributed by atoms with Crippen LogP contribution in [0.15, 0.2) is 70.1 Å². The Hall–Kier alpha value is -2.60. The van der Waals surface area contributed by atoms with E-state index in [-0.39, 0.29) is 17.7 Å². The standard InChI is InChI=1S/C22H23N3O2S/c1-16-23-22(27-24-16)20-15-25(14-19(20)17-8-4-2-5-9-17)21(26)12-13-28-18-10-6-3-7-11-18/h2-11,19-20H,12-15H2,1H3. The van der Waals surface area contributed by atoms with Crippen molar-refractivity contribution in [3.63, 3.8) is 0 Å². The van der Waals surface area contributed by atoms with Crippen LogP contribution >= 0.6 is 11.8 Å². The molecule has 2 heterocycles. The van der Waals surface area contributed by atoms with Gasteiger partial charge in [0.05, 0.1) is 5.92 Å². The molecule has 144 valence electrons.